The van der Waals surface area contributed by atoms with Gasteiger partial charge >= 0.3 is 0 Å². The molecule has 0 saturated carbocycles. The fraction of sp³-hybridized carbons (Fsp3) is 0.133. The van der Waals surface area contributed by atoms with Gasteiger partial charge in [-0.1, -0.05) is 0 Å². The number of phenolic OH excluding ortho intramolecular Hbond substituents is 1. The van der Waals surface area contributed by atoms with Crippen molar-refractivity contribution in [2.45, 2.75) is 11.8 Å². The summed E-state index contributed by atoms with van der Waals surface area (Å²) >= 11 is 0. The molecule has 0 radical (unpaired) electrons. The van der Waals surface area contributed by atoms with Crippen LogP contribution in [-0.2, 0) is 10.0 Å². The minimum absolute atomic E-state index is 0.0366. The summed E-state index contributed by atoms with van der Waals surface area (Å²) in [6.45, 7) is 2.12. The maximum Gasteiger partial charge on any atom is 0.276 e. The van der Waals surface area contributed by atoms with E-state index < -0.39 is 14.9 Å². The van der Waals surface area contributed by atoms with Crippen LogP contribution in [0.2, 0.25) is 0 Å². The fourth-order valence-corrected chi connectivity index (χ4v) is 2.64. The normalized spacial score (nSPS) is 11.4. The standard InChI is InChI=1S/C15H15N3O6S/c1-2-24-15-9-11(3-8-14(15)19)10-16-17-25(22,23)13-6-4-12(5-7-13)18(20)21/h3-10,17,19H,2H2,1H3/b16-10+. The molecule has 0 aliphatic carbocycles. The number of hydrazone groups is 1. The molecule has 0 atom stereocenters. The molecule has 2 rings (SSSR count). The van der Waals surface area contributed by atoms with E-state index in [2.05, 4.69) is 5.10 Å². The van der Waals surface area contributed by atoms with Crippen LogP contribution in [0.4, 0.5) is 5.69 Å². The summed E-state index contributed by atoms with van der Waals surface area (Å²) in [6, 6.07) is 8.84. The third-order valence-electron chi connectivity index (χ3n) is 3.03. The molecule has 0 amide bonds. The lowest BCUT2D eigenvalue weighted by Gasteiger charge is -2.06. The van der Waals surface area contributed by atoms with Crippen LogP contribution in [0, 0.1) is 10.1 Å². The number of nitro benzene ring substituents is 1. The zero-order chi connectivity index (χ0) is 18.4. The van der Waals surface area contributed by atoms with Gasteiger partial charge < -0.3 is 9.84 Å². The summed E-state index contributed by atoms with van der Waals surface area (Å²) < 4.78 is 29.4. The van der Waals surface area contributed by atoms with Crippen LogP contribution in [0.3, 0.4) is 0 Å². The molecule has 10 heteroatoms. The monoisotopic (exact) mass is 365 g/mol. The van der Waals surface area contributed by atoms with Crippen molar-refractivity contribution in [2.24, 2.45) is 5.10 Å². The van der Waals surface area contributed by atoms with E-state index in [1.54, 1.807) is 6.92 Å². The number of nitro groups is 1. The number of sulfonamides is 1. The molecule has 132 valence electrons. The number of non-ortho nitro benzene ring substituents is 1. The highest BCUT2D eigenvalue weighted by Gasteiger charge is 2.14. The SMILES string of the molecule is CCOc1cc(/C=N/NS(=O)(=O)c2ccc([N+](=O)[O-])cc2)ccc1O. The minimum atomic E-state index is -3.95. The topological polar surface area (TPSA) is 131 Å². The lowest BCUT2D eigenvalue weighted by Crippen LogP contribution is -2.18. The summed E-state index contributed by atoms with van der Waals surface area (Å²) in [7, 11) is -3.95. The van der Waals surface area contributed by atoms with Gasteiger partial charge in [0.25, 0.3) is 15.7 Å². The largest absolute Gasteiger partial charge is 0.504 e. The van der Waals surface area contributed by atoms with E-state index >= 15 is 0 Å². The first-order chi connectivity index (χ1) is 11.8. The second-order valence-electron chi connectivity index (χ2n) is 4.76. The van der Waals surface area contributed by atoms with E-state index in [4.69, 9.17) is 4.74 Å². The Hall–Kier alpha value is -3.14. The van der Waals surface area contributed by atoms with Gasteiger partial charge in [-0.15, -0.1) is 0 Å². The van der Waals surface area contributed by atoms with Crippen molar-refractivity contribution in [3.05, 3.63) is 58.1 Å². The summed E-state index contributed by atoms with van der Waals surface area (Å²) in [5.41, 5.74) is 0.294. The highest BCUT2D eigenvalue weighted by molar-refractivity contribution is 7.89. The quantitative estimate of drug-likeness (QED) is 0.438. The first kappa shape index (κ1) is 18.2. The Labute approximate surface area is 143 Å². The van der Waals surface area contributed by atoms with Gasteiger partial charge in [0.15, 0.2) is 11.5 Å². The van der Waals surface area contributed by atoms with Gasteiger partial charge in [-0.05, 0) is 42.8 Å². The van der Waals surface area contributed by atoms with Crippen LogP contribution < -0.4 is 9.57 Å². The van der Waals surface area contributed by atoms with Crippen LogP contribution in [0.25, 0.3) is 0 Å². The number of ether oxygens (including phenoxy) is 1. The number of nitrogens with one attached hydrogen (secondary N) is 1. The van der Waals surface area contributed by atoms with Crippen molar-refractivity contribution >= 4 is 21.9 Å². The van der Waals surface area contributed by atoms with Gasteiger partial charge in [0.05, 0.1) is 22.6 Å². The molecular formula is C15H15N3O6S. The molecule has 0 aliphatic rings. The van der Waals surface area contributed by atoms with E-state index in [1.165, 1.54) is 24.4 Å². The lowest BCUT2D eigenvalue weighted by atomic mass is 10.2. The molecule has 0 aliphatic heterocycles. The van der Waals surface area contributed by atoms with Gasteiger partial charge in [0.1, 0.15) is 0 Å². The molecule has 2 aromatic rings. The van der Waals surface area contributed by atoms with Crippen molar-refractivity contribution in [3.63, 3.8) is 0 Å². The number of hydrogen-bond acceptors (Lipinski definition) is 7. The summed E-state index contributed by atoms with van der Waals surface area (Å²) in [5, 5.41) is 23.8. The molecule has 0 fully saturated rings. The molecule has 25 heavy (non-hydrogen) atoms. The molecule has 0 unspecified atom stereocenters. The van der Waals surface area contributed by atoms with E-state index in [0.717, 1.165) is 24.3 Å². The molecule has 0 saturated heterocycles. The molecule has 2 N–H and O–H groups in total. The molecule has 0 aromatic heterocycles. The Balaban J connectivity index is 2.12. The Morgan fingerprint density at radius 3 is 2.56 bits per heavy atom. The van der Waals surface area contributed by atoms with Crippen molar-refractivity contribution < 1.29 is 23.2 Å². The minimum Gasteiger partial charge on any atom is -0.504 e. The third kappa shape index (κ3) is 4.67. The van der Waals surface area contributed by atoms with Gasteiger partial charge in [0, 0.05) is 12.1 Å². The molecule has 2 aromatic carbocycles. The molecule has 0 spiro atoms. The van der Waals surface area contributed by atoms with Crippen LogP contribution in [0.15, 0.2) is 52.5 Å². The fourth-order valence-electron chi connectivity index (χ4n) is 1.85. The first-order valence-corrected chi connectivity index (χ1v) is 8.57. The lowest BCUT2D eigenvalue weighted by molar-refractivity contribution is -0.384. The van der Waals surface area contributed by atoms with Gasteiger partial charge in [-0.3, -0.25) is 10.1 Å². The average molecular weight is 365 g/mol. The molecule has 0 bridgehead atoms. The maximum absolute atomic E-state index is 12.1. The Morgan fingerprint density at radius 2 is 1.96 bits per heavy atom. The van der Waals surface area contributed by atoms with Crippen molar-refractivity contribution in [3.8, 4) is 11.5 Å². The predicted molar refractivity (Wildman–Crippen MR) is 90.3 cm³/mol. The van der Waals surface area contributed by atoms with E-state index in [-0.39, 0.29) is 22.1 Å². The van der Waals surface area contributed by atoms with Crippen molar-refractivity contribution in [1.82, 2.24) is 4.83 Å². The second kappa shape index (κ2) is 7.62. The Bertz CT molecular complexity index is 894. The number of phenols is 1. The number of nitrogens with zero attached hydrogens (tertiary/aromatic N) is 2. The van der Waals surface area contributed by atoms with Crippen molar-refractivity contribution in [2.75, 3.05) is 6.61 Å². The van der Waals surface area contributed by atoms with Crippen LogP contribution in [0.1, 0.15) is 12.5 Å². The van der Waals surface area contributed by atoms with E-state index in [9.17, 15) is 23.6 Å². The smallest absolute Gasteiger partial charge is 0.276 e. The van der Waals surface area contributed by atoms with Gasteiger partial charge in [-0.2, -0.15) is 13.5 Å². The summed E-state index contributed by atoms with van der Waals surface area (Å²) in [6.07, 6.45) is 1.24. The Kier molecular flexibility index (Phi) is 5.55. The zero-order valence-corrected chi connectivity index (χ0v) is 13.9. The molecule has 0 heterocycles. The number of rotatable bonds is 7. The van der Waals surface area contributed by atoms with Gasteiger partial charge in [-0.25, -0.2) is 4.83 Å². The summed E-state index contributed by atoms with van der Waals surface area (Å²) in [5.74, 6) is 0.218. The highest BCUT2D eigenvalue weighted by Crippen LogP contribution is 2.26. The summed E-state index contributed by atoms with van der Waals surface area (Å²) in [4.78, 5) is 11.8. The number of hydrogen-bond donors (Lipinski definition) is 2. The second-order valence-corrected chi connectivity index (χ2v) is 6.42. The van der Waals surface area contributed by atoms with Gasteiger partial charge in [0.2, 0.25) is 0 Å². The maximum atomic E-state index is 12.1. The molecule has 9 nitrogen and oxygen atoms in total. The van der Waals surface area contributed by atoms with Crippen molar-refractivity contribution in [1.29, 1.82) is 0 Å². The van der Waals surface area contributed by atoms with Crippen LogP contribution in [0.5, 0.6) is 11.5 Å². The molecular weight excluding hydrogens is 350 g/mol. The highest BCUT2D eigenvalue weighted by atomic mass is 32.2. The number of benzene rings is 2. The van der Waals surface area contributed by atoms with Crippen LogP contribution >= 0.6 is 0 Å². The third-order valence-corrected chi connectivity index (χ3v) is 4.27. The average Bonchev–Trinajstić information content (AvgIpc) is 2.58. The number of aromatic hydroxyl groups is 1. The zero-order valence-electron chi connectivity index (χ0n) is 13.1. The Morgan fingerprint density at radius 1 is 1.28 bits per heavy atom. The van der Waals surface area contributed by atoms with Crippen LogP contribution in [-0.4, -0.2) is 31.3 Å². The first-order valence-electron chi connectivity index (χ1n) is 7.08. The predicted octanol–water partition coefficient (Wildman–Crippen LogP) is 2.01. The van der Waals surface area contributed by atoms with E-state index in [1.807, 2.05) is 4.83 Å². The van der Waals surface area contributed by atoms with E-state index in [0.29, 0.717) is 12.2 Å².